The molecule has 0 saturated heterocycles. The van der Waals surface area contributed by atoms with Crippen molar-refractivity contribution in [1.29, 1.82) is 0 Å². The van der Waals surface area contributed by atoms with E-state index in [1.165, 1.54) is 24.3 Å². The molecule has 0 spiro atoms. The Morgan fingerprint density at radius 3 is 2.31 bits per heavy atom. The number of hydrogen-bond acceptors (Lipinski definition) is 5. The molecule has 1 atom stereocenters. The molecule has 0 aromatic heterocycles. The molecule has 0 aliphatic rings. The van der Waals surface area contributed by atoms with Crippen molar-refractivity contribution in [3.8, 4) is 0 Å². The SMILES string of the molecule is O=C(Nc1cccc(C(F)(F)F)c1)C(c1ccccc1)N(S)C(=O)Nc1cc([N+](=O)[O-])ccc1Cl. The van der Waals surface area contributed by atoms with E-state index in [1.807, 2.05) is 0 Å². The molecule has 3 rings (SSSR count). The number of anilines is 2. The summed E-state index contributed by atoms with van der Waals surface area (Å²) >= 11 is 10.2. The third-order valence-corrected chi connectivity index (χ3v) is 5.42. The van der Waals surface area contributed by atoms with Gasteiger partial charge in [0.05, 0.1) is 21.2 Å². The van der Waals surface area contributed by atoms with E-state index in [2.05, 4.69) is 23.4 Å². The molecular weight excluding hydrogens is 509 g/mol. The van der Waals surface area contributed by atoms with E-state index in [-0.39, 0.29) is 22.1 Å². The first-order chi connectivity index (χ1) is 16.5. The fourth-order valence-electron chi connectivity index (χ4n) is 3.04. The van der Waals surface area contributed by atoms with E-state index in [1.54, 1.807) is 18.2 Å². The fourth-order valence-corrected chi connectivity index (χ4v) is 3.49. The minimum atomic E-state index is -4.62. The van der Waals surface area contributed by atoms with E-state index in [0.29, 0.717) is 9.87 Å². The van der Waals surface area contributed by atoms with Gasteiger partial charge in [-0.05, 0) is 29.8 Å². The predicted molar refractivity (Wildman–Crippen MR) is 127 cm³/mol. The molecule has 0 heterocycles. The average molecular weight is 525 g/mol. The van der Waals surface area contributed by atoms with Crippen molar-refractivity contribution in [2.45, 2.75) is 12.2 Å². The molecular formula is C22H16ClF3N4O4S. The Kier molecular flexibility index (Phi) is 7.87. The normalized spacial score (nSPS) is 11.9. The van der Waals surface area contributed by atoms with Gasteiger partial charge in [0, 0.05) is 17.8 Å². The second-order valence-electron chi connectivity index (χ2n) is 7.08. The third-order valence-electron chi connectivity index (χ3n) is 4.68. The maximum Gasteiger partial charge on any atom is 0.416 e. The van der Waals surface area contributed by atoms with Crippen LogP contribution >= 0.6 is 24.4 Å². The molecule has 0 bridgehead atoms. The Hall–Kier alpha value is -3.77. The number of thiol groups is 1. The average Bonchev–Trinajstić information content (AvgIpc) is 2.80. The van der Waals surface area contributed by atoms with E-state index < -0.39 is 34.6 Å². The van der Waals surface area contributed by atoms with Crippen LogP contribution in [0.4, 0.5) is 35.0 Å². The smallest absolute Gasteiger partial charge is 0.324 e. The van der Waals surface area contributed by atoms with Crippen LogP contribution in [0.1, 0.15) is 17.2 Å². The number of carbonyl (C=O) groups is 2. The Morgan fingerprint density at radius 1 is 1.00 bits per heavy atom. The summed E-state index contributed by atoms with van der Waals surface area (Å²) in [5.41, 5.74) is -1.25. The minimum absolute atomic E-state index is 0.00429. The van der Waals surface area contributed by atoms with Gasteiger partial charge in [0.25, 0.3) is 11.6 Å². The van der Waals surface area contributed by atoms with E-state index >= 15 is 0 Å². The molecule has 0 saturated carbocycles. The van der Waals surface area contributed by atoms with Gasteiger partial charge in [-0.25, -0.2) is 4.79 Å². The highest BCUT2D eigenvalue weighted by Crippen LogP contribution is 2.32. The Morgan fingerprint density at radius 2 is 1.69 bits per heavy atom. The van der Waals surface area contributed by atoms with Gasteiger partial charge in [-0.2, -0.15) is 13.2 Å². The van der Waals surface area contributed by atoms with Gasteiger partial charge >= 0.3 is 12.2 Å². The fraction of sp³-hybridized carbons (Fsp3) is 0.0909. The highest BCUT2D eigenvalue weighted by atomic mass is 35.5. The summed E-state index contributed by atoms with van der Waals surface area (Å²) in [4.78, 5) is 36.3. The quantitative estimate of drug-likeness (QED) is 0.199. The summed E-state index contributed by atoms with van der Waals surface area (Å²) in [6, 6.07) is 12.9. The maximum atomic E-state index is 13.1. The number of halogens is 4. The van der Waals surface area contributed by atoms with Crippen molar-refractivity contribution in [2.24, 2.45) is 0 Å². The third kappa shape index (κ3) is 6.43. The first kappa shape index (κ1) is 25.8. The van der Waals surface area contributed by atoms with Gasteiger partial charge < -0.3 is 10.6 Å². The number of urea groups is 1. The lowest BCUT2D eigenvalue weighted by molar-refractivity contribution is -0.384. The van der Waals surface area contributed by atoms with Crippen molar-refractivity contribution >= 4 is 53.4 Å². The summed E-state index contributed by atoms with van der Waals surface area (Å²) in [7, 11) is 0. The minimum Gasteiger partial charge on any atom is -0.324 e. The molecule has 0 aliphatic carbocycles. The highest BCUT2D eigenvalue weighted by molar-refractivity contribution is 7.78. The zero-order valence-electron chi connectivity index (χ0n) is 17.5. The summed E-state index contributed by atoms with van der Waals surface area (Å²) in [6.07, 6.45) is -4.62. The van der Waals surface area contributed by atoms with Gasteiger partial charge in [0.1, 0.15) is 6.04 Å². The first-order valence-electron chi connectivity index (χ1n) is 9.73. The molecule has 3 aromatic carbocycles. The molecule has 182 valence electrons. The monoisotopic (exact) mass is 524 g/mol. The van der Waals surface area contributed by atoms with Crippen LogP contribution in [0, 0.1) is 10.1 Å². The topological polar surface area (TPSA) is 105 Å². The van der Waals surface area contributed by atoms with Gasteiger partial charge in [0.2, 0.25) is 0 Å². The Bertz CT molecular complexity index is 1260. The second-order valence-corrected chi connectivity index (χ2v) is 7.92. The zero-order valence-corrected chi connectivity index (χ0v) is 19.1. The van der Waals surface area contributed by atoms with E-state index in [0.717, 1.165) is 30.3 Å². The number of nitro benzene ring substituents is 1. The van der Waals surface area contributed by atoms with Crippen LogP contribution in [-0.4, -0.2) is 21.2 Å². The lowest BCUT2D eigenvalue weighted by atomic mass is 10.1. The number of nitrogens with one attached hydrogen (secondary N) is 2. The van der Waals surface area contributed by atoms with Crippen LogP contribution < -0.4 is 10.6 Å². The summed E-state index contributed by atoms with van der Waals surface area (Å²) < 4.78 is 39.8. The molecule has 3 aromatic rings. The first-order valence-corrected chi connectivity index (χ1v) is 10.5. The van der Waals surface area contributed by atoms with Crippen LogP contribution in [0.25, 0.3) is 0 Å². The van der Waals surface area contributed by atoms with E-state index in [4.69, 9.17) is 11.6 Å². The number of alkyl halides is 3. The molecule has 35 heavy (non-hydrogen) atoms. The molecule has 1 unspecified atom stereocenters. The number of rotatable bonds is 6. The predicted octanol–water partition coefficient (Wildman–Crippen LogP) is 6.33. The largest absolute Gasteiger partial charge is 0.416 e. The van der Waals surface area contributed by atoms with Crippen molar-refractivity contribution in [3.63, 3.8) is 0 Å². The van der Waals surface area contributed by atoms with Crippen LogP contribution in [0.15, 0.2) is 72.8 Å². The zero-order chi connectivity index (χ0) is 25.8. The summed E-state index contributed by atoms with van der Waals surface area (Å²) in [6.45, 7) is 0. The maximum absolute atomic E-state index is 13.1. The second kappa shape index (κ2) is 10.7. The molecule has 8 nitrogen and oxygen atoms in total. The van der Waals surface area contributed by atoms with Gasteiger partial charge in [-0.1, -0.05) is 60.8 Å². The molecule has 0 radical (unpaired) electrons. The number of non-ortho nitro benzene ring substituents is 1. The molecule has 2 N–H and O–H groups in total. The Balaban J connectivity index is 1.89. The Labute approximate surface area is 207 Å². The number of hydrogen-bond donors (Lipinski definition) is 3. The lowest BCUT2D eigenvalue weighted by Gasteiger charge is -2.26. The molecule has 0 fully saturated rings. The van der Waals surface area contributed by atoms with Crippen molar-refractivity contribution in [1.82, 2.24) is 4.31 Å². The number of carbonyl (C=O) groups excluding carboxylic acids is 2. The summed E-state index contributed by atoms with van der Waals surface area (Å²) in [5.74, 6) is -0.856. The van der Waals surface area contributed by atoms with Crippen molar-refractivity contribution in [2.75, 3.05) is 10.6 Å². The number of amides is 3. The van der Waals surface area contributed by atoms with Crippen LogP contribution in [-0.2, 0) is 11.0 Å². The standard InChI is InChI=1S/C22H16ClF3N4O4S/c23-17-10-9-16(30(33)34)12-18(17)28-21(32)29(35)19(13-5-2-1-3-6-13)20(31)27-15-8-4-7-14(11-15)22(24,25)26/h1-12,19,35H,(H,27,31)(H,28,32). The van der Waals surface area contributed by atoms with Gasteiger partial charge in [-0.15, -0.1) is 0 Å². The van der Waals surface area contributed by atoms with Gasteiger partial charge in [-0.3, -0.25) is 19.2 Å². The highest BCUT2D eigenvalue weighted by Gasteiger charge is 2.32. The molecule has 0 aliphatic heterocycles. The summed E-state index contributed by atoms with van der Waals surface area (Å²) in [5, 5.41) is 15.7. The van der Waals surface area contributed by atoms with E-state index in [9.17, 15) is 32.9 Å². The van der Waals surface area contributed by atoms with Crippen molar-refractivity contribution in [3.05, 3.63) is 99.1 Å². The number of nitrogens with zero attached hydrogens (tertiary/aromatic N) is 2. The van der Waals surface area contributed by atoms with Gasteiger partial charge in [0.15, 0.2) is 0 Å². The lowest BCUT2D eigenvalue weighted by Crippen LogP contribution is -2.38. The molecule has 13 heteroatoms. The number of nitro groups is 1. The van der Waals surface area contributed by atoms with Crippen molar-refractivity contribution < 1.29 is 27.7 Å². The van der Waals surface area contributed by atoms with Crippen LogP contribution in [0.5, 0.6) is 0 Å². The van der Waals surface area contributed by atoms with Crippen LogP contribution in [0.2, 0.25) is 5.02 Å². The van der Waals surface area contributed by atoms with Crippen LogP contribution in [0.3, 0.4) is 0 Å². The molecule has 3 amide bonds. The number of benzene rings is 3.